The van der Waals surface area contributed by atoms with Crippen LogP contribution >= 0.6 is 0 Å². The Balaban J connectivity index is 1.22. The number of nitrogens with two attached hydrogens (primary N) is 1. The minimum Gasteiger partial charge on any atom is -0.506 e. The van der Waals surface area contributed by atoms with Gasteiger partial charge in [-0.05, 0) is 166 Å². The van der Waals surface area contributed by atoms with Crippen LogP contribution in [0, 0.1) is 35.5 Å². The number of carboxylic acid groups (broad SMARTS) is 1. The highest BCUT2D eigenvalue weighted by Gasteiger charge is 2.55. The second-order valence-electron chi connectivity index (χ2n) is 16.0. The summed E-state index contributed by atoms with van der Waals surface area (Å²) in [6.45, 7) is 0. The molecular weight excluding hydrogens is 562 g/mol. The molecule has 0 spiro atoms. The van der Waals surface area contributed by atoms with E-state index in [0.717, 1.165) is 47.0 Å². The van der Waals surface area contributed by atoms with Crippen LogP contribution < -0.4 is 15.2 Å². The molecule has 6 heteroatoms. The quantitative estimate of drug-likeness (QED) is 0.183. The zero-order chi connectivity index (χ0) is 30.5. The van der Waals surface area contributed by atoms with Crippen LogP contribution in [0.15, 0.2) is 54.6 Å². The molecule has 8 bridgehead atoms. The largest absolute Gasteiger partial charge is 0.506 e. The fraction of sp³-hybridized carbons (Fsp3) is 0.513. The number of aromatic hydroxyl groups is 1. The predicted molar refractivity (Wildman–Crippen MR) is 172 cm³/mol. The molecule has 8 aliphatic carbocycles. The SMILES string of the molecule is Nc1ccc(Oc2cc(Oc3ccc(C(=O)O)cc3)c(C34CC5CC(CC(C5)C3)C4)cc2C23CC4CC(CC(C4)C2)C3)cc1O. The van der Waals surface area contributed by atoms with Crippen LogP contribution in [0.25, 0.3) is 0 Å². The Morgan fingerprint density at radius 2 is 1.04 bits per heavy atom. The Morgan fingerprint density at radius 3 is 1.47 bits per heavy atom. The van der Waals surface area contributed by atoms with Crippen molar-refractivity contribution >= 4 is 11.7 Å². The van der Waals surface area contributed by atoms with Gasteiger partial charge in [-0.1, -0.05) is 0 Å². The van der Waals surface area contributed by atoms with Crippen LogP contribution in [-0.4, -0.2) is 16.2 Å². The summed E-state index contributed by atoms with van der Waals surface area (Å²) in [5.41, 5.74) is 9.39. The van der Waals surface area contributed by atoms with Crippen molar-refractivity contribution in [2.45, 2.75) is 87.9 Å². The van der Waals surface area contributed by atoms with E-state index in [1.165, 1.54) is 88.2 Å². The first-order valence-electron chi connectivity index (χ1n) is 17.2. The lowest BCUT2D eigenvalue weighted by Crippen LogP contribution is -2.50. The van der Waals surface area contributed by atoms with Gasteiger partial charge in [0.2, 0.25) is 0 Å². The molecule has 0 saturated heterocycles. The summed E-state index contributed by atoms with van der Waals surface area (Å²) in [4.78, 5) is 11.6. The molecule has 8 saturated carbocycles. The Morgan fingerprint density at radius 1 is 0.622 bits per heavy atom. The lowest BCUT2D eigenvalue weighted by molar-refractivity contribution is -0.00937. The molecule has 6 nitrogen and oxygen atoms in total. The van der Waals surface area contributed by atoms with Crippen molar-refractivity contribution < 1.29 is 24.5 Å². The first-order valence-corrected chi connectivity index (χ1v) is 17.2. The zero-order valence-corrected chi connectivity index (χ0v) is 25.8. The first-order chi connectivity index (χ1) is 21.7. The Kier molecular flexibility index (Phi) is 6.09. The lowest BCUT2D eigenvalue weighted by atomic mass is 9.46. The summed E-state index contributed by atoms with van der Waals surface area (Å²) in [5.74, 6) is 6.62. The normalized spacial score (nSPS) is 35.5. The van der Waals surface area contributed by atoms with E-state index in [2.05, 4.69) is 12.1 Å². The van der Waals surface area contributed by atoms with Gasteiger partial charge in [-0.15, -0.1) is 0 Å². The highest BCUT2D eigenvalue weighted by molar-refractivity contribution is 5.87. The maximum absolute atomic E-state index is 11.6. The molecule has 0 aliphatic heterocycles. The maximum atomic E-state index is 11.6. The smallest absolute Gasteiger partial charge is 0.335 e. The molecule has 8 fully saturated rings. The Bertz CT molecular complexity index is 1600. The zero-order valence-electron chi connectivity index (χ0n) is 25.8. The van der Waals surface area contributed by atoms with Gasteiger partial charge in [-0.2, -0.15) is 0 Å². The van der Waals surface area contributed by atoms with Crippen molar-refractivity contribution in [1.82, 2.24) is 0 Å². The van der Waals surface area contributed by atoms with Gasteiger partial charge in [0.15, 0.2) is 0 Å². The number of phenols is 1. The summed E-state index contributed by atoms with van der Waals surface area (Å²) in [5, 5.41) is 19.9. The summed E-state index contributed by atoms with van der Waals surface area (Å²) in [6, 6.07) is 16.5. The van der Waals surface area contributed by atoms with E-state index < -0.39 is 5.97 Å². The summed E-state index contributed by atoms with van der Waals surface area (Å²) >= 11 is 0. The molecule has 3 aromatic rings. The highest BCUT2D eigenvalue weighted by Crippen LogP contribution is 2.66. The molecule has 234 valence electrons. The molecule has 0 heterocycles. The van der Waals surface area contributed by atoms with Gasteiger partial charge >= 0.3 is 5.97 Å². The summed E-state index contributed by atoms with van der Waals surface area (Å²) < 4.78 is 13.6. The summed E-state index contributed by atoms with van der Waals surface area (Å²) in [6.07, 6.45) is 15.6. The molecule has 0 amide bonds. The van der Waals surface area contributed by atoms with Gasteiger partial charge in [0.05, 0.1) is 11.3 Å². The van der Waals surface area contributed by atoms with Crippen molar-refractivity contribution in [3.63, 3.8) is 0 Å². The number of carbonyl (C=O) groups is 1. The second kappa shape index (κ2) is 9.91. The number of carboxylic acids is 1. The fourth-order valence-electron chi connectivity index (χ4n) is 11.9. The fourth-order valence-corrected chi connectivity index (χ4v) is 11.9. The number of aromatic carboxylic acids is 1. The Hall–Kier alpha value is -3.67. The molecule has 0 unspecified atom stereocenters. The monoisotopic (exact) mass is 605 g/mol. The third-order valence-corrected chi connectivity index (χ3v) is 12.9. The van der Waals surface area contributed by atoms with Crippen LogP contribution in [0.5, 0.6) is 28.7 Å². The number of hydrogen-bond acceptors (Lipinski definition) is 5. The van der Waals surface area contributed by atoms with Gasteiger partial charge in [0.25, 0.3) is 0 Å². The molecule has 4 N–H and O–H groups in total. The molecule has 0 radical (unpaired) electrons. The standard InChI is InChI=1S/C39H43NO5/c40-33-6-5-30(13-34(33)41)45-36-15-35(44-29-3-1-28(2-4-29)37(42)43)31(38-16-22-7-23(17-38)9-24(8-22)18-38)14-32(36)39-19-25-10-26(20-39)12-27(11-25)21-39/h1-6,13-15,22-27,41H,7-12,16-21,40H2,(H,42,43). The van der Waals surface area contributed by atoms with Gasteiger partial charge in [-0.25, -0.2) is 4.79 Å². The number of ether oxygens (including phenoxy) is 2. The van der Waals surface area contributed by atoms with E-state index in [4.69, 9.17) is 15.2 Å². The van der Waals surface area contributed by atoms with Crippen molar-refractivity contribution in [2.24, 2.45) is 35.5 Å². The topological polar surface area (TPSA) is 102 Å². The van der Waals surface area contributed by atoms with E-state index in [9.17, 15) is 15.0 Å². The van der Waals surface area contributed by atoms with Crippen molar-refractivity contribution in [1.29, 1.82) is 0 Å². The van der Waals surface area contributed by atoms with Crippen molar-refractivity contribution in [2.75, 3.05) is 5.73 Å². The van der Waals surface area contributed by atoms with Crippen LogP contribution in [0.3, 0.4) is 0 Å². The van der Waals surface area contributed by atoms with Gasteiger partial charge in [-0.3, -0.25) is 0 Å². The van der Waals surface area contributed by atoms with Crippen molar-refractivity contribution in [3.05, 3.63) is 71.3 Å². The van der Waals surface area contributed by atoms with E-state index in [1.807, 2.05) is 6.07 Å². The van der Waals surface area contributed by atoms with Crippen molar-refractivity contribution in [3.8, 4) is 28.7 Å². The van der Waals surface area contributed by atoms with E-state index in [0.29, 0.717) is 17.2 Å². The summed E-state index contributed by atoms with van der Waals surface area (Å²) in [7, 11) is 0. The van der Waals surface area contributed by atoms with Crippen LogP contribution in [0.2, 0.25) is 0 Å². The van der Waals surface area contributed by atoms with E-state index >= 15 is 0 Å². The number of rotatable bonds is 7. The van der Waals surface area contributed by atoms with E-state index in [1.54, 1.807) is 36.4 Å². The van der Waals surface area contributed by atoms with Crippen LogP contribution in [-0.2, 0) is 10.8 Å². The lowest BCUT2D eigenvalue weighted by Gasteiger charge is -2.58. The van der Waals surface area contributed by atoms with Gasteiger partial charge in [0, 0.05) is 23.3 Å². The molecule has 0 atom stereocenters. The minimum absolute atomic E-state index is 0.0176. The van der Waals surface area contributed by atoms with Gasteiger partial charge < -0.3 is 25.4 Å². The molecule has 3 aromatic carbocycles. The number of anilines is 1. The third-order valence-electron chi connectivity index (χ3n) is 12.9. The number of phenolic OH excluding ortho intramolecular Hbond substituents is 1. The average Bonchev–Trinajstić information content (AvgIpc) is 2.98. The maximum Gasteiger partial charge on any atom is 0.335 e. The average molecular weight is 606 g/mol. The molecule has 8 aliphatic rings. The molecular formula is C39H43NO5. The second-order valence-corrected chi connectivity index (χ2v) is 16.0. The molecule has 0 aromatic heterocycles. The number of hydrogen-bond donors (Lipinski definition) is 3. The molecule has 11 rings (SSSR count). The number of benzene rings is 3. The minimum atomic E-state index is -0.946. The third kappa shape index (κ3) is 4.61. The van der Waals surface area contributed by atoms with Crippen LogP contribution in [0.1, 0.15) is 98.5 Å². The number of nitrogen functional groups attached to an aromatic ring is 1. The highest BCUT2D eigenvalue weighted by atomic mass is 16.5. The first kappa shape index (κ1) is 27.6. The predicted octanol–water partition coefficient (Wildman–Crippen LogP) is 9.19. The molecule has 45 heavy (non-hydrogen) atoms. The van der Waals surface area contributed by atoms with Crippen LogP contribution in [0.4, 0.5) is 5.69 Å². The van der Waals surface area contributed by atoms with E-state index in [-0.39, 0.29) is 22.1 Å². The Labute approximate surface area is 264 Å². The van der Waals surface area contributed by atoms with Gasteiger partial charge in [0.1, 0.15) is 28.7 Å².